The van der Waals surface area contributed by atoms with Gasteiger partial charge in [0.2, 0.25) is 0 Å². The van der Waals surface area contributed by atoms with Gasteiger partial charge < -0.3 is 19.8 Å². The molecule has 0 saturated heterocycles. The molecule has 0 bridgehead atoms. The van der Waals surface area contributed by atoms with Crippen molar-refractivity contribution >= 4 is 23.2 Å². The Bertz CT molecular complexity index is 1320. The topological polar surface area (TPSA) is 80.6 Å². The van der Waals surface area contributed by atoms with Gasteiger partial charge in [-0.1, -0.05) is 6.07 Å². The first-order valence-electron chi connectivity index (χ1n) is 9.85. The maximum atomic E-state index is 13.4. The Morgan fingerprint density at radius 2 is 1.61 bits per heavy atom. The van der Waals surface area contributed by atoms with Crippen molar-refractivity contribution in [2.75, 3.05) is 17.7 Å². The smallest absolute Gasteiger partial charge is 0.291 e. The largest absolute Gasteiger partial charge is 0.495 e. The number of carbonyl (C=O) groups is 2. The first kappa shape index (κ1) is 21.8. The monoisotopic (exact) mass is 448 g/mol. The van der Waals surface area contributed by atoms with Crippen LogP contribution >= 0.6 is 0 Å². The van der Waals surface area contributed by atoms with E-state index in [4.69, 9.17) is 9.15 Å². The predicted molar refractivity (Wildman–Crippen MR) is 119 cm³/mol. The summed E-state index contributed by atoms with van der Waals surface area (Å²) in [6.45, 7) is 0. The van der Waals surface area contributed by atoms with Gasteiger partial charge >= 0.3 is 0 Å². The predicted octanol–water partition coefficient (Wildman–Crippen LogP) is 5.74. The molecule has 2 amide bonds. The lowest BCUT2D eigenvalue weighted by Crippen LogP contribution is -2.14. The molecule has 1 aromatic heterocycles. The summed E-state index contributed by atoms with van der Waals surface area (Å²) in [5.41, 5.74) is 1.42. The molecule has 0 unspecified atom stereocenters. The second kappa shape index (κ2) is 9.35. The molecule has 0 fully saturated rings. The van der Waals surface area contributed by atoms with Crippen LogP contribution < -0.4 is 15.4 Å². The molecular formula is C25H18F2N2O4. The number of furan rings is 1. The van der Waals surface area contributed by atoms with Crippen LogP contribution in [-0.2, 0) is 0 Å². The molecule has 0 aliphatic carbocycles. The van der Waals surface area contributed by atoms with E-state index in [9.17, 15) is 18.4 Å². The third-order valence-corrected chi connectivity index (χ3v) is 4.75. The molecule has 1 heterocycles. The van der Waals surface area contributed by atoms with Crippen LogP contribution in [0.3, 0.4) is 0 Å². The van der Waals surface area contributed by atoms with Crippen LogP contribution in [0.2, 0.25) is 0 Å². The van der Waals surface area contributed by atoms with E-state index in [1.54, 1.807) is 30.3 Å². The minimum Gasteiger partial charge on any atom is -0.495 e. The highest BCUT2D eigenvalue weighted by Gasteiger charge is 2.15. The zero-order valence-corrected chi connectivity index (χ0v) is 17.4. The van der Waals surface area contributed by atoms with E-state index in [1.807, 2.05) is 0 Å². The molecule has 0 aliphatic heterocycles. The van der Waals surface area contributed by atoms with Gasteiger partial charge in [-0.3, -0.25) is 9.59 Å². The van der Waals surface area contributed by atoms with Gasteiger partial charge in [-0.2, -0.15) is 0 Å². The van der Waals surface area contributed by atoms with Crippen molar-refractivity contribution in [1.29, 1.82) is 0 Å². The Hall–Kier alpha value is -4.46. The van der Waals surface area contributed by atoms with Gasteiger partial charge in [-0.15, -0.1) is 0 Å². The molecule has 0 saturated carbocycles. The zero-order chi connectivity index (χ0) is 23.4. The third-order valence-electron chi connectivity index (χ3n) is 4.75. The van der Waals surface area contributed by atoms with Crippen LogP contribution in [-0.4, -0.2) is 18.9 Å². The maximum absolute atomic E-state index is 13.4. The number of ether oxygens (including phenoxy) is 1. The number of methoxy groups -OCH3 is 1. The summed E-state index contributed by atoms with van der Waals surface area (Å²) in [5.74, 6) is -1.14. The molecule has 0 radical (unpaired) electrons. The molecule has 0 spiro atoms. The van der Waals surface area contributed by atoms with E-state index in [1.165, 1.54) is 49.6 Å². The lowest BCUT2D eigenvalue weighted by molar-refractivity contribution is 0.0995. The standard InChI is InChI=1S/C25H18F2N2O4/c1-32-22-10-9-19(14-20(22)29-24(30)16-3-2-4-18(27)13-16)28-25(31)23-12-11-21(33-23)15-5-7-17(26)8-6-15/h2-14H,1H3,(H,28,31)(H,29,30). The molecule has 2 N–H and O–H groups in total. The van der Waals surface area contributed by atoms with Crippen LogP contribution in [0.25, 0.3) is 11.3 Å². The summed E-state index contributed by atoms with van der Waals surface area (Å²) in [5, 5.41) is 5.34. The number of carbonyl (C=O) groups excluding carboxylic acids is 2. The summed E-state index contributed by atoms with van der Waals surface area (Å²) < 4.78 is 37.4. The summed E-state index contributed by atoms with van der Waals surface area (Å²) in [4.78, 5) is 25.1. The summed E-state index contributed by atoms with van der Waals surface area (Å²) >= 11 is 0. The van der Waals surface area contributed by atoms with Crippen molar-refractivity contribution in [1.82, 2.24) is 0 Å². The highest BCUT2D eigenvalue weighted by Crippen LogP contribution is 2.29. The Kier molecular flexibility index (Phi) is 6.17. The molecule has 33 heavy (non-hydrogen) atoms. The summed E-state index contributed by atoms with van der Waals surface area (Å²) in [6, 6.07) is 18.8. The number of amides is 2. The van der Waals surface area contributed by atoms with Gasteiger partial charge in [-0.25, -0.2) is 8.78 Å². The molecule has 3 aromatic carbocycles. The quantitative estimate of drug-likeness (QED) is 0.394. The highest BCUT2D eigenvalue weighted by molar-refractivity contribution is 6.06. The van der Waals surface area contributed by atoms with Crippen LogP contribution in [0, 0.1) is 11.6 Å². The van der Waals surface area contributed by atoms with Gasteiger partial charge in [0.05, 0.1) is 12.8 Å². The van der Waals surface area contributed by atoms with Gasteiger partial charge in [0, 0.05) is 16.8 Å². The van der Waals surface area contributed by atoms with Crippen molar-refractivity contribution in [3.05, 3.63) is 102 Å². The van der Waals surface area contributed by atoms with Crippen LogP contribution in [0.15, 0.2) is 83.3 Å². The number of hydrogen-bond donors (Lipinski definition) is 2. The minimum atomic E-state index is -0.536. The maximum Gasteiger partial charge on any atom is 0.291 e. The van der Waals surface area contributed by atoms with Gasteiger partial charge in [0.25, 0.3) is 11.8 Å². The zero-order valence-electron chi connectivity index (χ0n) is 17.4. The van der Waals surface area contributed by atoms with Crippen LogP contribution in [0.4, 0.5) is 20.2 Å². The molecule has 0 aliphatic rings. The fourth-order valence-electron chi connectivity index (χ4n) is 3.13. The fourth-order valence-corrected chi connectivity index (χ4v) is 3.13. The molecule has 6 nitrogen and oxygen atoms in total. The molecule has 8 heteroatoms. The van der Waals surface area contributed by atoms with Crippen molar-refractivity contribution in [2.45, 2.75) is 0 Å². The minimum absolute atomic E-state index is 0.0514. The average molecular weight is 448 g/mol. The number of rotatable bonds is 6. The lowest BCUT2D eigenvalue weighted by Gasteiger charge is -2.12. The van der Waals surface area contributed by atoms with Gasteiger partial charge in [0.15, 0.2) is 5.76 Å². The average Bonchev–Trinajstić information content (AvgIpc) is 3.30. The number of halogens is 2. The second-order valence-corrected chi connectivity index (χ2v) is 7.00. The van der Waals surface area contributed by atoms with Crippen molar-refractivity contribution in [3.63, 3.8) is 0 Å². The molecule has 0 atom stereocenters. The second-order valence-electron chi connectivity index (χ2n) is 7.00. The molecule has 4 aromatic rings. The Morgan fingerprint density at radius 1 is 0.818 bits per heavy atom. The summed E-state index contributed by atoms with van der Waals surface area (Å²) in [7, 11) is 1.44. The number of anilines is 2. The van der Waals surface area contributed by atoms with E-state index < -0.39 is 17.6 Å². The Morgan fingerprint density at radius 3 is 2.33 bits per heavy atom. The van der Waals surface area contributed by atoms with E-state index in [0.717, 1.165) is 6.07 Å². The van der Waals surface area contributed by atoms with Gasteiger partial charge in [-0.05, 0) is 72.8 Å². The van der Waals surface area contributed by atoms with Gasteiger partial charge in [0.1, 0.15) is 23.1 Å². The lowest BCUT2D eigenvalue weighted by atomic mass is 10.2. The highest BCUT2D eigenvalue weighted by atomic mass is 19.1. The Balaban J connectivity index is 1.51. The van der Waals surface area contributed by atoms with E-state index in [-0.39, 0.29) is 22.8 Å². The third kappa shape index (κ3) is 5.07. The molecule has 4 rings (SSSR count). The van der Waals surface area contributed by atoms with E-state index in [0.29, 0.717) is 22.8 Å². The van der Waals surface area contributed by atoms with E-state index in [2.05, 4.69) is 10.6 Å². The van der Waals surface area contributed by atoms with Crippen molar-refractivity contribution < 1.29 is 27.5 Å². The first-order valence-corrected chi connectivity index (χ1v) is 9.85. The summed E-state index contributed by atoms with van der Waals surface area (Å²) in [6.07, 6.45) is 0. The normalized spacial score (nSPS) is 10.5. The SMILES string of the molecule is COc1ccc(NC(=O)c2ccc(-c3ccc(F)cc3)o2)cc1NC(=O)c1cccc(F)c1. The number of hydrogen-bond acceptors (Lipinski definition) is 4. The van der Waals surface area contributed by atoms with E-state index >= 15 is 0 Å². The fraction of sp³-hybridized carbons (Fsp3) is 0.0400. The molecular weight excluding hydrogens is 430 g/mol. The van der Waals surface area contributed by atoms with Crippen LogP contribution in [0.5, 0.6) is 5.75 Å². The van der Waals surface area contributed by atoms with Crippen LogP contribution in [0.1, 0.15) is 20.9 Å². The molecule has 166 valence electrons. The number of nitrogens with one attached hydrogen (secondary N) is 2. The number of benzene rings is 3. The first-order chi connectivity index (χ1) is 15.9. The Labute approximate surface area is 187 Å². The van der Waals surface area contributed by atoms with Crippen molar-refractivity contribution in [3.8, 4) is 17.1 Å². The van der Waals surface area contributed by atoms with Crippen molar-refractivity contribution in [2.24, 2.45) is 0 Å².